The topological polar surface area (TPSA) is 71.5 Å². The van der Waals surface area contributed by atoms with Gasteiger partial charge in [0.05, 0.1) is 11.0 Å². The molecule has 0 spiro atoms. The SMILES string of the molecule is NC(=NO)c1cccc2nc3ccccc3cc12. The second-order valence-electron chi connectivity index (χ2n) is 4.04. The largest absolute Gasteiger partial charge is 0.409 e. The van der Waals surface area contributed by atoms with Gasteiger partial charge in [-0.25, -0.2) is 4.98 Å². The molecule has 2 aromatic carbocycles. The van der Waals surface area contributed by atoms with Crippen LogP contribution in [-0.4, -0.2) is 16.0 Å². The number of pyridine rings is 1. The Morgan fingerprint density at radius 3 is 2.67 bits per heavy atom. The van der Waals surface area contributed by atoms with E-state index in [0.29, 0.717) is 5.56 Å². The number of rotatable bonds is 1. The number of para-hydroxylation sites is 1. The molecule has 0 saturated heterocycles. The molecule has 4 heteroatoms. The molecule has 0 aliphatic heterocycles. The highest BCUT2D eigenvalue weighted by Crippen LogP contribution is 2.22. The van der Waals surface area contributed by atoms with E-state index in [9.17, 15) is 0 Å². The lowest BCUT2D eigenvalue weighted by Gasteiger charge is -2.06. The van der Waals surface area contributed by atoms with Gasteiger partial charge < -0.3 is 10.9 Å². The molecule has 0 fully saturated rings. The first-order valence-corrected chi connectivity index (χ1v) is 5.56. The molecule has 0 aliphatic rings. The highest BCUT2D eigenvalue weighted by atomic mass is 16.4. The van der Waals surface area contributed by atoms with Gasteiger partial charge in [0.15, 0.2) is 5.84 Å². The molecule has 18 heavy (non-hydrogen) atoms. The van der Waals surface area contributed by atoms with Gasteiger partial charge in [0, 0.05) is 16.3 Å². The summed E-state index contributed by atoms with van der Waals surface area (Å²) in [7, 11) is 0. The van der Waals surface area contributed by atoms with Gasteiger partial charge in [-0.3, -0.25) is 0 Å². The molecule has 0 saturated carbocycles. The van der Waals surface area contributed by atoms with Crippen molar-refractivity contribution in [3.8, 4) is 0 Å². The standard InChI is InChI=1S/C14H11N3O/c15-14(17-18)10-5-3-7-13-11(10)8-9-4-1-2-6-12(9)16-13/h1-8,18H,(H2,15,17). The molecule has 88 valence electrons. The molecule has 3 aromatic rings. The number of fused-ring (bicyclic) bond motifs is 2. The average Bonchev–Trinajstić information content (AvgIpc) is 2.43. The van der Waals surface area contributed by atoms with Crippen LogP contribution in [0.25, 0.3) is 21.8 Å². The highest BCUT2D eigenvalue weighted by molar-refractivity contribution is 6.10. The number of amidine groups is 1. The third-order valence-corrected chi connectivity index (χ3v) is 2.94. The first-order valence-electron chi connectivity index (χ1n) is 5.56. The molecule has 0 unspecified atom stereocenters. The molecular weight excluding hydrogens is 226 g/mol. The van der Waals surface area contributed by atoms with Crippen LogP contribution in [0.2, 0.25) is 0 Å². The van der Waals surface area contributed by atoms with Crippen LogP contribution < -0.4 is 5.73 Å². The summed E-state index contributed by atoms with van der Waals surface area (Å²) in [5, 5.41) is 13.8. The summed E-state index contributed by atoms with van der Waals surface area (Å²) in [5.74, 6) is 0.0951. The quantitative estimate of drug-likeness (QED) is 0.224. The molecule has 0 amide bonds. The third kappa shape index (κ3) is 1.55. The van der Waals surface area contributed by atoms with Gasteiger partial charge in [-0.05, 0) is 18.2 Å². The minimum absolute atomic E-state index is 0.0951. The first kappa shape index (κ1) is 10.5. The van der Waals surface area contributed by atoms with Gasteiger partial charge in [0.25, 0.3) is 0 Å². The summed E-state index contributed by atoms with van der Waals surface area (Å²) < 4.78 is 0. The Hall–Kier alpha value is -2.62. The fraction of sp³-hybridized carbons (Fsp3) is 0. The van der Waals surface area contributed by atoms with E-state index in [-0.39, 0.29) is 5.84 Å². The number of oxime groups is 1. The van der Waals surface area contributed by atoms with Crippen LogP contribution in [0.3, 0.4) is 0 Å². The maximum atomic E-state index is 8.80. The number of hydrogen-bond donors (Lipinski definition) is 2. The van der Waals surface area contributed by atoms with E-state index in [0.717, 1.165) is 21.8 Å². The van der Waals surface area contributed by atoms with E-state index >= 15 is 0 Å². The van der Waals surface area contributed by atoms with Crippen molar-refractivity contribution in [2.45, 2.75) is 0 Å². The molecule has 0 radical (unpaired) electrons. The van der Waals surface area contributed by atoms with Crippen LogP contribution in [0.4, 0.5) is 0 Å². The van der Waals surface area contributed by atoms with E-state index in [4.69, 9.17) is 10.9 Å². The third-order valence-electron chi connectivity index (χ3n) is 2.94. The first-order chi connectivity index (χ1) is 8.79. The second-order valence-corrected chi connectivity index (χ2v) is 4.04. The van der Waals surface area contributed by atoms with Crippen molar-refractivity contribution in [2.75, 3.05) is 0 Å². The van der Waals surface area contributed by atoms with E-state index in [1.165, 1.54) is 0 Å². The second kappa shape index (κ2) is 4.00. The van der Waals surface area contributed by atoms with Crippen LogP contribution in [0, 0.1) is 0 Å². The number of aromatic nitrogens is 1. The van der Waals surface area contributed by atoms with E-state index in [2.05, 4.69) is 10.1 Å². The van der Waals surface area contributed by atoms with Crippen molar-refractivity contribution in [1.82, 2.24) is 4.98 Å². The van der Waals surface area contributed by atoms with Crippen molar-refractivity contribution in [2.24, 2.45) is 10.9 Å². The van der Waals surface area contributed by atoms with Gasteiger partial charge in [-0.2, -0.15) is 0 Å². The zero-order chi connectivity index (χ0) is 12.5. The Morgan fingerprint density at radius 1 is 1.06 bits per heavy atom. The summed E-state index contributed by atoms with van der Waals surface area (Å²) in [5.41, 5.74) is 8.13. The van der Waals surface area contributed by atoms with Crippen LogP contribution >= 0.6 is 0 Å². The Bertz CT molecular complexity index is 765. The zero-order valence-electron chi connectivity index (χ0n) is 9.54. The minimum Gasteiger partial charge on any atom is -0.409 e. The molecule has 0 atom stereocenters. The van der Waals surface area contributed by atoms with Crippen molar-refractivity contribution in [1.29, 1.82) is 0 Å². The minimum atomic E-state index is 0.0951. The number of nitrogens with two attached hydrogens (primary N) is 1. The van der Waals surface area contributed by atoms with E-state index < -0.39 is 0 Å². The van der Waals surface area contributed by atoms with Gasteiger partial charge in [0.1, 0.15) is 0 Å². The van der Waals surface area contributed by atoms with Gasteiger partial charge in [-0.15, -0.1) is 0 Å². The van der Waals surface area contributed by atoms with Crippen molar-refractivity contribution in [3.63, 3.8) is 0 Å². The van der Waals surface area contributed by atoms with Crippen molar-refractivity contribution >= 4 is 27.6 Å². The summed E-state index contributed by atoms with van der Waals surface area (Å²) in [6.45, 7) is 0. The number of benzene rings is 2. The Balaban J connectivity index is 2.43. The van der Waals surface area contributed by atoms with Crippen LogP contribution in [0.15, 0.2) is 53.7 Å². The molecule has 1 heterocycles. The van der Waals surface area contributed by atoms with Crippen molar-refractivity contribution in [3.05, 3.63) is 54.1 Å². The van der Waals surface area contributed by atoms with Gasteiger partial charge in [-0.1, -0.05) is 35.5 Å². The molecule has 0 bridgehead atoms. The summed E-state index contributed by atoms with van der Waals surface area (Å²) >= 11 is 0. The normalized spacial score (nSPS) is 12.1. The zero-order valence-corrected chi connectivity index (χ0v) is 9.54. The summed E-state index contributed by atoms with van der Waals surface area (Å²) in [6, 6.07) is 15.4. The lowest BCUT2D eigenvalue weighted by molar-refractivity contribution is 0.318. The number of nitrogens with zero attached hydrogens (tertiary/aromatic N) is 2. The van der Waals surface area contributed by atoms with Gasteiger partial charge >= 0.3 is 0 Å². The van der Waals surface area contributed by atoms with E-state index in [1.807, 2.05) is 48.5 Å². The Labute approximate surface area is 103 Å². The molecular formula is C14H11N3O. The number of hydrogen-bond acceptors (Lipinski definition) is 3. The Morgan fingerprint density at radius 2 is 1.83 bits per heavy atom. The summed E-state index contributed by atoms with van der Waals surface area (Å²) in [6.07, 6.45) is 0. The summed E-state index contributed by atoms with van der Waals surface area (Å²) in [4.78, 5) is 4.56. The molecule has 3 N–H and O–H groups in total. The fourth-order valence-corrected chi connectivity index (χ4v) is 2.08. The predicted molar refractivity (Wildman–Crippen MR) is 71.8 cm³/mol. The van der Waals surface area contributed by atoms with Crippen LogP contribution in [0.5, 0.6) is 0 Å². The lowest BCUT2D eigenvalue weighted by Crippen LogP contribution is -2.13. The van der Waals surface area contributed by atoms with Crippen LogP contribution in [-0.2, 0) is 0 Å². The fourth-order valence-electron chi connectivity index (χ4n) is 2.08. The van der Waals surface area contributed by atoms with Crippen molar-refractivity contribution < 1.29 is 5.21 Å². The highest BCUT2D eigenvalue weighted by Gasteiger charge is 2.07. The molecule has 3 rings (SSSR count). The Kier molecular flexibility index (Phi) is 2.34. The molecule has 1 aromatic heterocycles. The monoisotopic (exact) mass is 237 g/mol. The van der Waals surface area contributed by atoms with Gasteiger partial charge in [0.2, 0.25) is 0 Å². The van der Waals surface area contributed by atoms with Crippen LogP contribution in [0.1, 0.15) is 5.56 Å². The molecule has 4 nitrogen and oxygen atoms in total. The lowest BCUT2D eigenvalue weighted by atomic mass is 10.1. The molecule has 0 aliphatic carbocycles. The van der Waals surface area contributed by atoms with E-state index in [1.54, 1.807) is 0 Å². The maximum Gasteiger partial charge on any atom is 0.170 e. The average molecular weight is 237 g/mol. The predicted octanol–water partition coefficient (Wildman–Crippen LogP) is 2.48. The maximum absolute atomic E-state index is 8.80. The smallest absolute Gasteiger partial charge is 0.170 e.